The maximum atomic E-state index is 12.0. The summed E-state index contributed by atoms with van der Waals surface area (Å²) in [6.45, 7) is 2.02. The van der Waals surface area contributed by atoms with Crippen molar-refractivity contribution in [2.24, 2.45) is 0 Å². The number of carbonyl (C=O) groups excluding carboxylic acids is 1. The third-order valence-electron chi connectivity index (χ3n) is 2.76. The van der Waals surface area contributed by atoms with Crippen LogP contribution in [-0.4, -0.2) is 27.1 Å². The van der Waals surface area contributed by atoms with Gasteiger partial charge in [0.25, 0.3) is 5.91 Å². The van der Waals surface area contributed by atoms with Crippen LogP contribution < -0.4 is 0 Å². The van der Waals surface area contributed by atoms with Crippen LogP contribution in [0.3, 0.4) is 0 Å². The van der Waals surface area contributed by atoms with Crippen molar-refractivity contribution in [3.05, 3.63) is 42.1 Å². The number of aromatic nitrogens is 2. The van der Waals surface area contributed by atoms with Gasteiger partial charge < -0.3 is 9.32 Å². The van der Waals surface area contributed by atoms with E-state index in [0.29, 0.717) is 18.8 Å². The molecule has 1 amide bonds. The van der Waals surface area contributed by atoms with Gasteiger partial charge in [0.05, 0.1) is 25.0 Å². The zero-order valence-corrected chi connectivity index (χ0v) is 8.67. The normalized spacial score (nSPS) is 14.9. The van der Waals surface area contributed by atoms with Gasteiger partial charge >= 0.3 is 0 Å². The molecule has 0 fully saturated rings. The molecule has 0 saturated carbocycles. The number of amides is 1. The molecule has 3 rings (SSSR count). The lowest BCUT2D eigenvalue weighted by molar-refractivity contribution is 0.0674. The Morgan fingerprint density at radius 1 is 1.38 bits per heavy atom. The van der Waals surface area contributed by atoms with Crippen LogP contribution in [0.25, 0.3) is 0 Å². The van der Waals surface area contributed by atoms with E-state index in [-0.39, 0.29) is 5.91 Å². The summed E-state index contributed by atoms with van der Waals surface area (Å²) < 4.78 is 7.03. The smallest absolute Gasteiger partial charge is 0.289 e. The van der Waals surface area contributed by atoms with Crippen LogP contribution in [0.1, 0.15) is 16.2 Å². The van der Waals surface area contributed by atoms with Crippen molar-refractivity contribution in [1.29, 1.82) is 0 Å². The lowest BCUT2D eigenvalue weighted by Crippen LogP contribution is -2.38. The van der Waals surface area contributed by atoms with E-state index >= 15 is 0 Å². The summed E-state index contributed by atoms with van der Waals surface area (Å²) in [5.41, 5.74) is 1.06. The van der Waals surface area contributed by atoms with E-state index in [9.17, 15) is 4.79 Å². The topological polar surface area (TPSA) is 51.3 Å². The summed E-state index contributed by atoms with van der Waals surface area (Å²) in [5.74, 6) is 0.338. The first kappa shape index (κ1) is 9.21. The van der Waals surface area contributed by atoms with Crippen molar-refractivity contribution in [1.82, 2.24) is 14.7 Å². The molecule has 1 aliphatic rings. The number of fused-ring (bicyclic) bond motifs is 1. The van der Waals surface area contributed by atoms with Gasteiger partial charge in [-0.3, -0.25) is 9.48 Å². The minimum Gasteiger partial charge on any atom is -0.459 e. The average molecular weight is 217 g/mol. The number of carbonyl (C=O) groups is 1. The van der Waals surface area contributed by atoms with Gasteiger partial charge in [0, 0.05) is 12.7 Å². The van der Waals surface area contributed by atoms with Crippen molar-refractivity contribution in [2.75, 3.05) is 6.54 Å². The largest absolute Gasteiger partial charge is 0.459 e. The third kappa shape index (κ3) is 1.41. The number of nitrogens with zero attached hydrogens (tertiary/aromatic N) is 3. The molecule has 5 nitrogen and oxygen atoms in total. The predicted molar refractivity (Wildman–Crippen MR) is 55.7 cm³/mol. The van der Waals surface area contributed by atoms with Crippen LogP contribution >= 0.6 is 0 Å². The molecule has 0 bridgehead atoms. The Kier molecular flexibility index (Phi) is 2.02. The highest BCUT2D eigenvalue weighted by Crippen LogP contribution is 2.14. The first-order chi connectivity index (χ1) is 7.84. The van der Waals surface area contributed by atoms with Crippen molar-refractivity contribution >= 4 is 5.91 Å². The molecule has 0 atom stereocenters. The van der Waals surface area contributed by atoms with Crippen LogP contribution in [-0.2, 0) is 13.1 Å². The molecule has 0 radical (unpaired) electrons. The second-order valence-electron chi connectivity index (χ2n) is 3.75. The second kappa shape index (κ2) is 3.52. The summed E-state index contributed by atoms with van der Waals surface area (Å²) in [4.78, 5) is 13.8. The molecule has 2 aromatic rings. The minimum atomic E-state index is -0.0579. The Hall–Kier alpha value is -2.04. The number of hydrogen-bond donors (Lipinski definition) is 0. The Morgan fingerprint density at radius 2 is 2.31 bits per heavy atom. The Balaban J connectivity index is 1.81. The first-order valence-corrected chi connectivity index (χ1v) is 5.18. The molecule has 2 aromatic heterocycles. The summed E-state index contributed by atoms with van der Waals surface area (Å²) in [7, 11) is 0. The van der Waals surface area contributed by atoms with Crippen LogP contribution in [0.4, 0.5) is 0 Å². The zero-order chi connectivity index (χ0) is 11.0. The fraction of sp³-hybridized carbons (Fsp3) is 0.273. The summed E-state index contributed by atoms with van der Waals surface area (Å²) in [6.07, 6.45) is 3.28. The first-order valence-electron chi connectivity index (χ1n) is 5.18. The van der Waals surface area contributed by atoms with Crippen molar-refractivity contribution in [3.8, 4) is 0 Å². The van der Waals surface area contributed by atoms with E-state index in [2.05, 4.69) is 5.10 Å². The molecule has 0 N–H and O–H groups in total. The molecule has 5 heteroatoms. The molecule has 82 valence electrons. The highest BCUT2D eigenvalue weighted by molar-refractivity contribution is 5.91. The fourth-order valence-electron chi connectivity index (χ4n) is 1.92. The van der Waals surface area contributed by atoms with Gasteiger partial charge in [0.2, 0.25) is 0 Å². The van der Waals surface area contributed by atoms with Crippen LogP contribution in [0.2, 0.25) is 0 Å². The van der Waals surface area contributed by atoms with E-state index in [4.69, 9.17) is 4.42 Å². The van der Waals surface area contributed by atoms with Gasteiger partial charge in [0.15, 0.2) is 5.76 Å². The van der Waals surface area contributed by atoms with E-state index in [0.717, 1.165) is 12.2 Å². The summed E-state index contributed by atoms with van der Waals surface area (Å²) in [5, 5.41) is 4.17. The van der Waals surface area contributed by atoms with E-state index in [1.807, 2.05) is 10.7 Å². The maximum absolute atomic E-state index is 12.0. The quantitative estimate of drug-likeness (QED) is 0.719. The monoisotopic (exact) mass is 217 g/mol. The lowest BCUT2D eigenvalue weighted by atomic mass is 10.3. The SMILES string of the molecule is O=C(c1ccco1)N1CCn2nccc2C1. The fourth-order valence-corrected chi connectivity index (χ4v) is 1.92. The average Bonchev–Trinajstić information content (AvgIpc) is 2.98. The molecule has 0 saturated heterocycles. The van der Waals surface area contributed by atoms with Crippen molar-refractivity contribution in [2.45, 2.75) is 13.1 Å². The van der Waals surface area contributed by atoms with Gasteiger partial charge in [-0.15, -0.1) is 0 Å². The number of furan rings is 1. The van der Waals surface area contributed by atoms with Gasteiger partial charge in [-0.1, -0.05) is 0 Å². The Labute approximate surface area is 92.3 Å². The summed E-state index contributed by atoms with van der Waals surface area (Å²) >= 11 is 0. The van der Waals surface area contributed by atoms with Crippen LogP contribution in [0.5, 0.6) is 0 Å². The standard InChI is InChI=1S/C11H11N3O2/c15-11(10-2-1-7-16-10)13-5-6-14-9(8-13)3-4-12-14/h1-4,7H,5-6,8H2. The highest BCUT2D eigenvalue weighted by Gasteiger charge is 2.23. The molecule has 0 aromatic carbocycles. The summed E-state index contributed by atoms with van der Waals surface area (Å²) in [6, 6.07) is 5.34. The molecule has 16 heavy (non-hydrogen) atoms. The lowest BCUT2D eigenvalue weighted by Gasteiger charge is -2.26. The van der Waals surface area contributed by atoms with Gasteiger partial charge in [-0.25, -0.2) is 0 Å². The van der Waals surface area contributed by atoms with Crippen LogP contribution in [0, 0.1) is 0 Å². The molecule has 3 heterocycles. The van der Waals surface area contributed by atoms with Gasteiger partial charge in [0.1, 0.15) is 0 Å². The Bertz CT molecular complexity index is 501. The van der Waals surface area contributed by atoms with E-state index in [1.54, 1.807) is 23.2 Å². The molecular weight excluding hydrogens is 206 g/mol. The Morgan fingerprint density at radius 3 is 3.12 bits per heavy atom. The number of hydrogen-bond acceptors (Lipinski definition) is 3. The van der Waals surface area contributed by atoms with Crippen LogP contribution in [0.15, 0.2) is 35.1 Å². The molecule has 0 unspecified atom stereocenters. The molecular formula is C11H11N3O2. The molecule has 0 aliphatic carbocycles. The van der Waals surface area contributed by atoms with E-state index in [1.165, 1.54) is 6.26 Å². The van der Waals surface area contributed by atoms with Crippen molar-refractivity contribution < 1.29 is 9.21 Å². The maximum Gasteiger partial charge on any atom is 0.289 e. The van der Waals surface area contributed by atoms with Crippen molar-refractivity contribution in [3.63, 3.8) is 0 Å². The zero-order valence-electron chi connectivity index (χ0n) is 8.67. The third-order valence-corrected chi connectivity index (χ3v) is 2.76. The molecule has 0 spiro atoms. The van der Waals surface area contributed by atoms with Gasteiger partial charge in [-0.05, 0) is 18.2 Å². The second-order valence-corrected chi connectivity index (χ2v) is 3.75. The number of rotatable bonds is 1. The predicted octanol–water partition coefficient (Wildman–Crippen LogP) is 1.13. The van der Waals surface area contributed by atoms with Gasteiger partial charge in [-0.2, -0.15) is 5.10 Å². The highest BCUT2D eigenvalue weighted by atomic mass is 16.3. The van der Waals surface area contributed by atoms with E-state index < -0.39 is 0 Å². The molecule has 1 aliphatic heterocycles. The minimum absolute atomic E-state index is 0.0579.